The number of rotatable bonds is 5. The van der Waals surface area contributed by atoms with Gasteiger partial charge in [0.15, 0.2) is 0 Å². The van der Waals surface area contributed by atoms with Crippen LogP contribution in [0.25, 0.3) is 55.2 Å². The summed E-state index contributed by atoms with van der Waals surface area (Å²) in [5, 5.41) is 4.42. The van der Waals surface area contributed by atoms with E-state index >= 15 is 0 Å². The predicted octanol–water partition coefficient (Wildman–Crippen LogP) is 11.3. The molecule has 0 aliphatic rings. The maximum Gasteiger partial charge on any atom is 0.121 e. The first-order valence-electron chi connectivity index (χ1n) is 17.7. The standard InChI is InChI=1S/C26H22NO.C18H14N.Ir/c1-26(2,3)16-17-12-13-27-22(14-17)19-9-10-23-21(15-19)25-20-7-5-4-6-18(20)8-11-24(25)28-23;1-3-7-15(8-4-1)13-16-11-12-19-18(14-16)17-9-5-2-6-10-17;/h4-8,10-15H,16H2,1-3H3;1-9,11-12,14H,13H2;/q2*-1;/i16D2;13D2;. The first-order valence-corrected chi connectivity index (χ1v) is 15.7. The molecule has 8 aromatic rings. The molecule has 0 saturated carbocycles. The Bertz CT molecular complexity index is 2480. The van der Waals surface area contributed by atoms with E-state index in [2.05, 4.69) is 40.3 Å². The van der Waals surface area contributed by atoms with Gasteiger partial charge in [0, 0.05) is 43.4 Å². The summed E-state index contributed by atoms with van der Waals surface area (Å²) in [4.78, 5) is 8.83. The van der Waals surface area contributed by atoms with Gasteiger partial charge in [-0.2, -0.15) is 0 Å². The Morgan fingerprint density at radius 2 is 1.35 bits per heavy atom. The predicted molar refractivity (Wildman–Crippen MR) is 194 cm³/mol. The summed E-state index contributed by atoms with van der Waals surface area (Å²) in [7, 11) is 0. The van der Waals surface area contributed by atoms with E-state index in [0.717, 1.165) is 44.1 Å². The molecule has 0 atom stereocenters. The van der Waals surface area contributed by atoms with Gasteiger partial charge in [0.1, 0.15) is 5.58 Å². The molecule has 3 nitrogen and oxygen atoms in total. The van der Waals surface area contributed by atoms with Crippen LogP contribution in [0.5, 0.6) is 0 Å². The molecule has 48 heavy (non-hydrogen) atoms. The van der Waals surface area contributed by atoms with E-state index in [1.165, 1.54) is 5.39 Å². The van der Waals surface area contributed by atoms with Crippen LogP contribution in [0.3, 0.4) is 0 Å². The number of aromatic nitrogens is 2. The van der Waals surface area contributed by atoms with E-state index in [9.17, 15) is 0 Å². The minimum Gasteiger partial charge on any atom is -0.500 e. The Morgan fingerprint density at radius 3 is 2.12 bits per heavy atom. The van der Waals surface area contributed by atoms with Crippen molar-refractivity contribution in [1.29, 1.82) is 0 Å². The van der Waals surface area contributed by atoms with Crippen LogP contribution in [-0.4, -0.2) is 9.97 Å². The van der Waals surface area contributed by atoms with Crippen LogP contribution in [-0.2, 0) is 32.9 Å². The molecule has 1 radical (unpaired) electrons. The summed E-state index contributed by atoms with van der Waals surface area (Å²) in [6, 6.07) is 46.5. The fourth-order valence-corrected chi connectivity index (χ4v) is 5.62. The molecule has 4 heteroatoms. The average Bonchev–Trinajstić information content (AvgIpc) is 3.54. The van der Waals surface area contributed by atoms with Gasteiger partial charge in [0.25, 0.3) is 0 Å². The fraction of sp³-hybridized carbons (Fsp3) is 0.136. The van der Waals surface area contributed by atoms with Crippen LogP contribution in [0.1, 0.15) is 42.9 Å². The van der Waals surface area contributed by atoms with Gasteiger partial charge in [-0.05, 0) is 69.6 Å². The molecule has 0 unspecified atom stereocenters. The normalized spacial score (nSPS) is 13.1. The summed E-state index contributed by atoms with van der Waals surface area (Å²) >= 11 is 0. The van der Waals surface area contributed by atoms with Crippen LogP contribution < -0.4 is 0 Å². The van der Waals surface area contributed by atoms with E-state index in [1.54, 1.807) is 42.7 Å². The van der Waals surface area contributed by atoms with Crippen molar-refractivity contribution >= 4 is 32.7 Å². The van der Waals surface area contributed by atoms with Gasteiger partial charge < -0.3 is 14.4 Å². The van der Waals surface area contributed by atoms with Gasteiger partial charge in [-0.3, -0.25) is 0 Å². The summed E-state index contributed by atoms with van der Waals surface area (Å²) in [6.07, 6.45) is 0.294. The Hall–Kier alpha value is -4.89. The summed E-state index contributed by atoms with van der Waals surface area (Å²) in [6.45, 7) is 5.73. The van der Waals surface area contributed by atoms with Crippen molar-refractivity contribution in [2.24, 2.45) is 5.41 Å². The zero-order valence-electron chi connectivity index (χ0n) is 30.9. The van der Waals surface area contributed by atoms with Crippen molar-refractivity contribution in [1.82, 2.24) is 9.97 Å². The zero-order chi connectivity index (χ0) is 35.8. The van der Waals surface area contributed by atoms with Gasteiger partial charge in [-0.15, -0.1) is 59.7 Å². The first kappa shape index (κ1) is 28.2. The number of hydrogen-bond donors (Lipinski definition) is 0. The molecule has 0 aliphatic carbocycles. The third-order valence-electron chi connectivity index (χ3n) is 7.66. The smallest absolute Gasteiger partial charge is 0.121 e. The maximum atomic E-state index is 8.60. The second kappa shape index (κ2) is 14.5. The fourth-order valence-electron chi connectivity index (χ4n) is 5.62. The van der Waals surface area contributed by atoms with Crippen LogP contribution >= 0.6 is 0 Å². The molecule has 5 aromatic carbocycles. The third kappa shape index (κ3) is 7.63. The number of fused-ring (bicyclic) bond motifs is 5. The molecule has 239 valence electrons. The molecule has 0 amide bonds. The molecular weight excluding hydrogens is 765 g/mol. The van der Waals surface area contributed by atoms with Crippen LogP contribution in [0.2, 0.25) is 0 Å². The van der Waals surface area contributed by atoms with Crippen LogP contribution in [0.4, 0.5) is 0 Å². The van der Waals surface area contributed by atoms with Crippen molar-refractivity contribution in [3.05, 3.63) is 169 Å². The number of furan rings is 1. The number of benzene rings is 5. The molecule has 0 fully saturated rings. The Balaban J connectivity index is 0.000000186. The van der Waals surface area contributed by atoms with Crippen molar-refractivity contribution in [3.8, 4) is 22.5 Å². The molecule has 0 spiro atoms. The van der Waals surface area contributed by atoms with Crippen molar-refractivity contribution in [2.45, 2.75) is 33.5 Å². The van der Waals surface area contributed by atoms with E-state index in [4.69, 9.17) is 9.90 Å². The molecule has 3 aromatic heterocycles. The summed E-state index contributed by atoms with van der Waals surface area (Å²) in [5.74, 6) is 0. The first-order chi connectivity index (χ1) is 24.4. The van der Waals surface area contributed by atoms with Gasteiger partial charge in [-0.1, -0.05) is 105 Å². The Morgan fingerprint density at radius 1 is 0.646 bits per heavy atom. The van der Waals surface area contributed by atoms with Gasteiger partial charge in [0.2, 0.25) is 0 Å². The summed E-state index contributed by atoms with van der Waals surface area (Å²) < 4.78 is 40.0. The molecule has 0 N–H and O–H groups in total. The zero-order valence-corrected chi connectivity index (χ0v) is 29.3. The minimum absolute atomic E-state index is 0. The van der Waals surface area contributed by atoms with Gasteiger partial charge in [0.05, 0.1) is 5.58 Å². The molecule has 8 rings (SSSR count). The minimum atomic E-state index is -1.55. The Labute approximate surface area is 301 Å². The van der Waals surface area contributed by atoms with Crippen molar-refractivity contribution in [3.63, 3.8) is 0 Å². The monoisotopic (exact) mass is 805 g/mol. The molecular formula is C44H36IrN2O-2. The second-order valence-electron chi connectivity index (χ2n) is 12.4. The SMILES string of the molecule is [2H]C([2H])(c1ccccc1)c1ccnc(-c2[c-]cccc2)c1.[2H]C([2H])(c1ccnc(-c2[c-]cc3oc4ccc5ccccc5c4c3c2)c1)C(C)(C)C.[Ir]. The summed E-state index contributed by atoms with van der Waals surface area (Å²) in [5.41, 5.74) is 6.08. The quantitative estimate of drug-likeness (QED) is 0.163. The molecule has 3 heterocycles. The number of pyridine rings is 2. The van der Waals surface area contributed by atoms with E-state index in [0.29, 0.717) is 22.4 Å². The van der Waals surface area contributed by atoms with Crippen LogP contribution in [0, 0.1) is 17.5 Å². The van der Waals surface area contributed by atoms with Crippen LogP contribution in [0.15, 0.2) is 144 Å². The maximum absolute atomic E-state index is 8.60. The van der Waals surface area contributed by atoms with Crippen molar-refractivity contribution < 1.29 is 30.0 Å². The number of nitrogens with zero attached hydrogens (tertiary/aromatic N) is 2. The van der Waals surface area contributed by atoms with E-state index in [-0.39, 0.29) is 20.1 Å². The van der Waals surface area contributed by atoms with Gasteiger partial charge in [-0.25, -0.2) is 0 Å². The topological polar surface area (TPSA) is 38.9 Å². The molecule has 0 bridgehead atoms. The van der Waals surface area contributed by atoms with E-state index in [1.807, 2.05) is 99.6 Å². The Kier molecular flexibility index (Phi) is 8.49. The van der Waals surface area contributed by atoms with Crippen molar-refractivity contribution in [2.75, 3.05) is 0 Å². The molecule has 0 aliphatic heterocycles. The van der Waals surface area contributed by atoms with E-state index < -0.39 is 18.2 Å². The number of hydrogen-bond acceptors (Lipinski definition) is 3. The molecule has 0 saturated heterocycles. The third-order valence-corrected chi connectivity index (χ3v) is 7.66. The largest absolute Gasteiger partial charge is 0.500 e. The van der Waals surface area contributed by atoms with Gasteiger partial charge >= 0.3 is 0 Å². The second-order valence-corrected chi connectivity index (χ2v) is 12.4. The average molecular weight is 805 g/mol.